The third-order valence-corrected chi connectivity index (χ3v) is 1.73. The first-order chi connectivity index (χ1) is 7.13. The van der Waals surface area contributed by atoms with Gasteiger partial charge in [0.05, 0.1) is 0 Å². The van der Waals surface area contributed by atoms with E-state index in [1.165, 1.54) is 32.6 Å². The summed E-state index contributed by atoms with van der Waals surface area (Å²) >= 11 is 0. The van der Waals surface area contributed by atoms with Crippen LogP contribution in [-0.2, 0) is 29.1 Å². The first-order valence-electron chi connectivity index (χ1n) is 5.12. The van der Waals surface area contributed by atoms with E-state index >= 15 is 0 Å². The second-order valence-electron chi connectivity index (χ2n) is 3.35. The van der Waals surface area contributed by atoms with E-state index in [9.17, 15) is 14.7 Å². The smallest absolute Gasteiger partial charge is 0.550 e. The molecule has 0 aromatic carbocycles. The van der Waals surface area contributed by atoms with Crippen LogP contribution in [0.5, 0.6) is 0 Å². The number of hydrogen-bond donors (Lipinski definition) is 0. The minimum atomic E-state index is -1.31. The molecule has 0 fully saturated rings. The molecule has 1 aliphatic rings. The zero-order chi connectivity index (χ0) is 11.5. The summed E-state index contributed by atoms with van der Waals surface area (Å²) in [5, 5.41) is 9.48. The zero-order valence-electron chi connectivity index (χ0n) is 9.40. The van der Waals surface area contributed by atoms with Gasteiger partial charge < -0.3 is 9.90 Å². The Hall–Kier alpha value is -0.757. The van der Waals surface area contributed by atoms with E-state index in [0.717, 1.165) is 0 Å². The second kappa shape index (κ2) is 12.3. The average molecular weight is 312 g/mol. The number of aliphatic carboxylic acids is 1. The number of rotatable bonds is 2. The maximum Gasteiger partial charge on any atom is 1.00 e. The molecule has 92 valence electrons. The van der Waals surface area contributed by atoms with E-state index < -0.39 is 12.4 Å². The molecule has 0 spiro atoms. The van der Waals surface area contributed by atoms with E-state index in [2.05, 4.69) is 24.3 Å². The Kier molecular flexibility index (Phi) is 13.6. The minimum Gasteiger partial charge on any atom is -0.550 e. The van der Waals surface area contributed by atoms with Gasteiger partial charge in [0.15, 0.2) is 0 Å². The summed E-state index contributed by atoms with van der Waals surface area (Å²) in [4.78, 5) is 19.3. The number of carbonyl (C=O) groups excluding carboxylic acids is 2. The van der Waals surface area contributed by atoms with Crippen LogP contribution in [0.1, 0.15) is 39.0 Å². The Morgan fingerprint density at radius 2 is 1.31 bits per heavy atom. The monoisotopic (exact) mass is 312 g/mol. The number of hydrogen-bond acceptors (Lipinski definition) is 3. The molecule has 0 amide bonds. The normalized spacial score (nSPS) is 13.6. The van der Waals surface area contributed by atoms with Crippen LogP contribution in [-0.4, -0.2) is 11.8 Å². The van der Waals surface area contributed by atoms with E-state index in [-0.39, 0.29) is 25.3 Å². The first kappa shape index (κ1) is 17.6. The second-order valence-corrected chi connectivity index (χ2v) is 3.35. The summed E-state index contributed by atoms with van der Waals surface area (Å²) in [5.41, 5.74) is 0. The molecule has 0 unspecified atom stereocenters. The van der Waals surface area contributed by atoms with E-state index in [0.29, 0.717) is 0 Å². The Balaban J connectivity index is 0. The van der Waals surface area contributed by atoms with Gasteiger partial charge in [-0.15, -0.1) is 0 Å². The van der Waals surface area contributed by atoms with Crippen LogP contribution in [0.25, 0.3) is 0 Å². The molecule has 0 N–H and O–H groups in total. The topological polar surface area (TPSA) is 57.2 Å². The van der Waals surface area contributed by atoms with Crippen molar-refractivity contribution in [3.8, 4) is 0 Å². The Labute approximate surface area is 109 Å². The van der Waals surface area contributed by atoms with E-state index in [4.69, 9.17) is 0 Å². The van der Waals surface area contributed by atoms with Gasteiger partial charge in [0, 0.05) is 12.4 Å². The third-order valence-electron chi connectivity index (χ3n) is 1.73. The number of carboxylic acid groups (broad SMARTS) is 1. The Bertz CT molecular complexity index is 219. The van der Waals surface area contributed by atoms with Crippen molar-refractivity contribution in [1.29, 1.82) is 0 Å². The first-order valence-corrected chi connectivity index (χ1v) is 5.12. The van der Waals surface area contributed by atoms with Crippen LogP contribution < -0.4 is 5.11 Å². The molecular weight excluding hydrogens is 295 g/mol. The molecule has 0 atom stereocenters. The number of allylic oxidation sites excluding steroid dienone is 4. The van der Waals surface area contributed by atoms with E-state index in [1.54, 1.807) is 0 Å². The molecule has 1 aliphatic carbocycles. The van der Waals surface area contributed by atoms with Crippen LogP contribution in [0.2, 0.25) is 0 Å². The molecule has 0 aliphatic heterocycles. The number of ketones is 1. The fourth-order valence-electron chi connectivity index (χ4n) is 1.06. The maximum atomic E-state index is 9.83. The molecule has 0 aromatic heterocycles. The molecule has 0 radical (unpaired) electrons. The zero-order valence-corrected chi connectivity index (χ0v) is 11.0. The Morgan fingerprint density at radius 1 is 1.00 bits per heavy atom. The van der Waals surface area contributed by atoms with Crippen molar-refractivity contribution in [2.24, 2.45) is 0 Å². The average Bonchev–Trinajstić information content (AvgIpc) is 1.99. The van der Waals surface area contributed by atoms with Crippen molar-refractivity contribution >= 4 is 11.8 Å². The maximum absolute atomic E-state index is 9.83. The van der Waals surface area contributed by atoms with Gasteiger partial charge in [0.25, 0.3) is 0 Å². The number of carbonyl (C=O) groups is 2. The van der Waals surface area contributed by atoms with Crippen molar-refractivity contribution in [2.75, 3.05) is 0 Å². The van der Waals surface area contributed by atoms with Crippen LogP contribution in [0.15, 0.2) is 24.3 Å². The molecule has 4 heteroatoms. The Morgan fingerprint density at radius 3 is 1.44 bits per heavy atom. The van der Waals surface area contributed by atoms with Gasteiger partial charge in [-0.3, -0.25) is 4.79 Å². The standard InChI is InChI=1S/C8H12.C4H6O3.Rh/c1-2-4-6-8-7-5-3-1;1-3(5)2-4(6)7;/h1-2,7-8H,3-6H2;2H2,1H3,(H,6,7);/q;;+1/p-1. The predicted octanol–water partition coefficient (Wildman–Crippen LogP) is 1.39. The summed E-state index contributed by atoms with van der Waals surface area (Å²) in [6.07, 6.45) is 13.5. The molecule has 0 heterocycles. The SMILES string of the molecule is C1=CCCC=CCC1.CC(=O)CC(=O)[O-].[Rh+]. The minimum absolute atomic E-state index is 0. The van der Waals surface area contributed by atoms with Crippen molar-refractivity contribution in [2.45, 2.75) is 39.0 Å². The fraction of sp³-hybridized carbons (Fsp3) is 0.500. The van der Waals surface area contributed by atoms with Gasteiger partial charge in [0.1, 0.15) is 5.78 Å². The third kappa shape index (κ3) is 15.7. The molecule has 16 heavy (non-hydrogen) atoms. The molecule has 3 nitrogen and oxygen atoms in total. The molecular formula is C12H17O3Rh. The van der Waals surface area contributed by atoms with Crippen LogP contribution in [0, 0.1) is 0 Å². The van der Waals surface area contributed by atoms with Crippen LogP contribution in [0.3, 0.4) is 0 Å². The van der Waals surface area contributed by atoms with Crippen molar-refractivity contribution in [3.05, 3.63) is 24.3 Å². The van der Waals surface area contributed by atoms with Gasteiger partial charge in [-0.2, -0.15) is 0 Å². The summed E-state index contributed by atoms with van der Waals surface area (Å²) in [7, 11) is 0. The summed E-state index contributed by atoms with van der Waals surface area (Å²) in [6.45, 7) is 1.20. The van der Waals surface area contributed by atoms with Crippen LogP contribution in [0.4, 0.5) is 0 Å². The molecule has 0 saturated carbocycles. The predicted molar refractivity (Wildman–Crippen MR) is 57.1 cm³/mol. The van der Waals surface area contributed by atoms with Gasteiger partial charge in [-0.05, 0) is 32.6 Å². The summed E-state index contributed by atoms with van der Waals surface area (Å²) in [6, 6.07) is 0. The molecule has 0 aromatic rings. The molecule has 0 bridgehead atoms. The van der Waals surface area contributed by atoms with Crippen molar-refractivity contribution in [3.63, 3.8) is 0 Å². The largest absolute Gasteiger partial charge is 1.00 e. The van der Waals surface area contributed by atoms with Gasteiger partial charge in [-0.1, -0.05) is 24.3 Å². The van der Waals surface area contributed by atoms with Gasteiger partial charge in [0.2, 0.25) is 0 Å². The number of carboxylic acids is 1. The fourth-order valence-corrected chi connectivity index (χ4v) is 1.06. The molecule has 1 rings (SSSR count). The summed E-state index contributed by atoms with van der Waals surface area (Å²) < 4.78 is 0. The number of Topliss-reactive ketones (excluding diaryl/α,β-unsaturated/α-hetero) is 1. The molecule has 0 saturated heterocycles. The summed E-state index contributed by atoms with van der Waals surface area (Å²) in [5.74, 6) is -1.69. The van der Waals surface area contributed by atoms with Crippen molar-refractivity contribution < 1.29 is 34.2 Å². The van der Waals surface area contributed by atoms with E-state index in [1.807, 2.05) is 0 Å². The van der Waals surface area contributed by atoms with Crippen molar-refractivity contribution in [1.82, 2.24) is 0 Å². The van der Waals surface area contributed by atoms with Gasteiger partial charge in [-0.25, -0.2) is 0 Å². The van der Waals surface area contributed by atoms with Gasteiger partial charge >= 0.3 is 19.5 Å². The van der Waals surface area contributed by atoms with Crippen LogP contribution >= 0.6 is 0 Å². The quantitative estimate of drug-likeness (QED) is 0.440.